The molecule has 0 radical (unpaired) electrons. The molecule has 8 rings (SSSR count). The normalized spacial score (nSPS) is 19.9. The number of nitrogens with zero attached hydrogens (tertiary/aromatic N) is 10. The van der Waals surface area contributed by atoms with Crippen LogP contribution in [0.15, 0.2) is 85.7 Å². The number of carbonyl (C=O) groups excluding carboxylic acids is 2. The zero-order valence-electron chi connectivity index (χ0n) is 33.8. The van der Waals surface area contributed by atoms with Crippen LogP contribution in [0.2, 0.25) is 0 Å². The second-order valence-corrected chi connectivity index (χ2v) is 16.4. The number of rotatable bonds is 10. The smallest absolute Gasteiger partial charge is 0.151 e. The van der Waals surface area contributed by atoms with E-state index in [-0.39, 0.29) is 11.6 Å². The molecule has 2 aliphatic rings. The van der Waals surface area contributed by atoms with E-state index in [0.717, 1.165) is 72.0 Å². The van der Waals surface area contributed by atoms with Crippen LogP contribution >= 0.6 is 0 Å². The van der Waals surface area contributed by atoms with Crippen LogP contribution in [0.4, 0.5) is 0 Å². The fraction of sp³-hybridized carbons (Fsp3) is 0.391. The highest BCUT2D eigenvalue weighted by molar-refractivity contribution is 5.88. The molecule has 12 nitrogen and oxygen atoms in total. The summed E-state index contributed by atoms with van der Waals surface area (Å²) in [6.07, 6.45) is 13.8. The predicted octanol–water partition coefficient (Wildman–Crippen LogP) is 6.15. The van der Waals surface area contributed by atoms with Gasteiger partial charge in [0.25, 0.3) is 0 Å². The maximum atomic E-state index is 12.6. The molecule has 0 bridgehead atoms. The summed E-state index contributed by atoms with van der Waals surface area (Å²) >= 11 is 0. The first-order valence-corrected chi connectivity index (χ1v) is 20.0. The molecule has 4 aromatic heterocycles. The summed E-state index contributed by atoms with van der Waals surface area (Å²) in [5.74, 6) is 2.09. The Morgan fingerprint density at radius 1 is 0.655 bits per heavy atom. The summed E-state index contributed by atoms with van der Waals surface area (Å²) < 4.78 is 3.46. The highest BCUT2D eigenvalue weighted by Gasteiger charge is 2.30. The minimum atomic E-state index is 0.220. The van der Waals surface area contributed by atoms with Crippen molar-refractivity contribution in [2.24, 2.45) is 25.9 Å². The number of likely N-dealkylation sites (tertiary alicyclic amines) is 2. The van der Waals surface area contributed by atoms with Crippen molar-refractivity contribution in [1.29, 1.82) is 10.5 Å². The van der Waals surface area contributed by atoms with Crippen LogP contribution in [-0.2, 0) is 36.5 Å². The summed E-state index contributed by atoms with van der Waals surface area (Å²) in [4.78, 5) is 38.7. The third-order valence-corrected chi connectivity index (χ3v) is 11.3. The predicted molar refractivity (Wildman–Crippen MR) is 223 cm³/mol. The number of hydrogen-bond acceptors (Lipinski definition) is 10. The maximum absolute atomic E-state index is 12.6. The third-order valence-electron chi connectivity index (χ3n) is 11.3. The number of ketones is 2. The number of piperidine rings is 2. The monoisotopic (exact) mass is 774 g/mol. The number of nitriles is 2. The van der Waals surface area contributed by atoms with Crippen molar-refractivity contribution in [2.75, 3.05) is 39.3 Å². The van der Waals surface area contributed by atoms with Crippen LogP contribution in [0, 0.1) is 34.5 Å². The molecule has 0 aliphatic carbocycles. The van der Waals surface area contributed by atoms with Gasteiger partial charge in [-0.2, -0.15) is 20.7 Å². The Hall–Kier alpha value is -6.08. The molecule has 2 aliphatic heterocycles. The average Bonchev–Trinajstić information content (AvgIpc) is 3.82. The lowest BCUT2D eigenvalue weighted by molar-refractivity contribution is -0.120. The van der Waals surface area contributed by atoms with E-state index in [9.17, 15) is 20.1 Å². The van der Waals surface area contributed by atoms with E-state index in [0.29, 0.717) is 60.7 Å². The van der Waals surface area contributed by atoms with E-state index in [4.69, 9.17) is 0 Å². The minimum Gasteiger partial charge on any atom is -0.298 e. The Kier molecular flexibility index (Phi) is 12.5. The van der Waals surface area contributed by atoms with Gasteiger partial charge in [-0.1, -0.05) is 38.1 Å². The van der Waals surface area contributed by atoms with Crippen molar-refractivity contribution in [3.63, 3.8) is 0 Å². The standard InChI is InChI=1S/2C23H25N5O/c2*1-16-8-19(21-6-5-18(10-24)23-22(21)4-3-7-25-23)14-28(12-16)15-20(29)9-17-11-26-27(2)13-17/h2*3-7,11,13,16,19H,8-9,12,14-15H2,1-2H3/t16-,19+;16-,19-/m11/s1. The number of hydrogen-bond donors (Lipinski definition) is 0. The van der Waals surface area contributed by atoms with E-state index in [1.54, 1.807) is 34.2 Å². The summed E-state index contributed by atoms with van der Waals surface area (Å²) in [5, 5.41) is 29.2. The number of aromatic nitrogens is 6. The molecule has 6 aromatic rings. The summed E-state index contributed by atoms with van der Waals surface area (Å²) in [6.45, 7) is 8.97. The molecule has 2 fully saturated rings. The van der Waals surface area contributed by atoms with Crippen LogP contribution in [-0.4, -0.2) is 90.2 Å². The van der Waals surface area contributed by atoms with Gasteiger partial charge in [0.15, 0.2) is 11.6 Å². The lowest BCUT2D eigenvalue weighted by Crippen LogP contribution is -2.41. The molecule has 2 saturated heterocycles. The van der Waals surface area contributed by atoms with E-state index >= 15 is 0 Å². The van der Waals surface area contributed by atoms with Gasteiger partial charge in [0.05, 0.1) is 47.6 Å². The lowest BCUT2D eigenvalue weighted by Gasteiger charge is -2.36. The first kappa shape index (κ1) is 40.1. The van der Waals surface area contributed by atoms with Crippen molar-refractivity contribution in [3.05, 3.63) is 119 Å². The molecule has 296 valence electrons. The minimum absolute atomic E-state index is 0.220. The van der Waals surface area contributed by atoms with E-state index in [2.05, 4.69) is 80.2 Å². The van der Waals surface area contributed by atoms with Crippen LogP contribution in [0.25, 0.3) is 21.8 Å². The van der Waals surface area contributed by atoms with Gasteiger partial charge < -0.3 is 0 Å². The maximum Gasteiger partial charge on any atom is 0.151 e. The molecule has 0 unspecified atom stereocenters. The van der Waals surface area contributed by atoms with Crippen molar-refractivity contribution < 1.29 is 9.59 Å². The Morgan fingerprint density at radius 3 is 1.47 bits per heavy atom. The number of pyridine rings is 2. The molecule has 6 heterocycles. The summed E-state index contributed by atoms with van der Waals surface area (Å²) in [6, 6.07) is 20.3. The van der Waals surface area contributed by atoms with Crippen LogP contribution in [0.5, 0.6) is 0 Å². The molecule has 4 atom stereocenters. The average molecular weight is 775 g/mol. The fourth-order valence-corrected chi connectivity index (χ4v) is 9.11. The second kappa shape index (κ2) is 18.0. The second-order valence-electron chi connectivity index (χ2n) is 16.4. The first-order chi connectivity index (χ1) is 28.1. The van der Waals surface area contributed by atoms with Crippen LogP contribution in [0.1, 0.15) is 71.9 Å². The van der Waals surface area contributed by atoms with E-state index < -0.39 is 0 Å². The van der Waals surface area contributed by atoms with Gasteiger partial charge in [0.1, 0.15) is 12.1 Å². The van der Waals surface area contributed by atoms with Gasteiger partial charge in [-0.05, 0) is 83.0 Å². The molecule has 12 heteroatoms. The molecule has 0 spiro atoms. The zero-order chi connectivity index (χ0) is 40.8. The molecule has 0 amide bonds. The number of aryl methyl sites for hydroxylation is 2. The molecule has 2 aromatic carbocycles. The van der Waals surface area contributed by atoms with Crippen LogP contribution < -0.4 is 0 Å². The van der Waals surface area contributed by atoms with Gasteiger partial charge in [-0.15, -0.1) is 0 Å². The molecule has 0 N–H and O–H groups in total. The van der Waals surface area contributed by atoms with E-state index in [1.807, 2.05) is 50.8 Å². The Labute approximate surface area is 339 Å². The highest BCUT2D eigenvalue weighted by Crippen LogP contribution is 2.36. The Morgan fingerprint density at radius 2 is 1.09 bits per heavy atom. The van der Waals surface area contributed by atoms with Gasteiger partial charge in [0, 0.05) is 88.7 Å². The topological polar surface area (TPSA) is 150 Å². The van der Waals surface area contributed by atoms with Gasteiger partial charge >= 0.3 is 0 Å². The lowest BCUT2D eigenvalue weighted by atomic mass is 9.83. The van der Waals surface area contributed by atoms with Crippen molar-refractivity contribution in [2.45, 2.75) is 51.4 Å². The Bertz CT molecular complexity index is 2330. The SMILES string of the molecule is C[C@@H]1C[C@@H](c2ccc(C#N)c3ncccc23)CN(CC(=O)Cc2cnn(C)c2)C1.C[C@@H]1C[C@H](c2ccc(C#N)c3ncccc23)CN(CC(=O)Cc2cnn(C)c2)C1. The summed E-state index contributed by atoms with van der Waals surface area (Å²) in [5.41, 5.74) is 7.13. The van der Waals surface area contributed by atoms with Crippen molar-refractivity contribution >= 4 is 33.4 Å². The van der Waals surface area contributed by atoms with Gasteiger partial charge in [-0.3, -0.25) is 38.7 Å². The number of fused-ring (bicyclic) bond motifs is 2. The summed E-state index contributed by atoms with van der Waals surface area (Å²) in [7, 11) is 3.73. The molecular formula is C46H50N10O2. The largest absolute Gasteiger partial charge is 0.298 e. The molecular weight excluding hydrogens is 725 g/mol. The zero-order valence-corrected chi connectivity index (χ0v) is 33.8. The molecule has 0 saturated carbocycles. The van der Waals surface area contributed by atoms with Crippen LogP contribution in [0.3, 0.4) is 0 Å². The van der Waals surface area contributed by atoms with Gasteiger partial charge in [-0.25, -0.2) is 0 Å². The first-order valence-electron chi connectivity index (χ1n) is 20.0. The van der Waals surface area contributed by atoms with Gasteiger partial charge in [0.2, 0.25) is 0 Å². The Balaban J connectivity index is 0.000000177. The quantitative estimate of drug-likeness (QED) is 0.159. The number of benzene rings is 2. The van der Waals surface area contributed by atoms with E-state index in [1.165, 1.54) is 11.1 Å². The number of Topliss-reactive ketones (excluding diaryl/α,β-unsaturated/α-hetero) is 2. The van der Waals surface area contributed by atoms with Crippen molar-refractivity contribution in [1.82, 2.24) is 39.3 Å². The highest BCUT2D eigenvalue weighted by atomic mass is 16.1. The fourth-order valence-electron chi connectivity index (χ4n) is 9.11. The molecule has 58 heavy (non-hydrogen) atoms. The third kappa shape index (κ3) is 9.54. The number of carbonyl (C=O) groups is 2. The van der Waals surface area contributed by atoms with Crippen molar-refractivity contribution in [3.8, 4) is 12.1 Å².